The minimum atomic E-state index is -0.360. The number of fused-ring (bicyclic) bond motifs is 3. The maximum atomic E-state index is 11.6. The van der Waals surface area contributed by atoms with E-state index < -0.39 is 0 Å². The quantitative estimate of drug-likeness (QED) is 0.497. The zero-order valence-electron chi connectivity index (χ0n) is 17.4. The molecule has 0 saturated heterocycles. The number of rotatable bonds is 3. The summed E-state index contributed by atoms with van der Waals surface area (Å²) in [7, 11) is 1.37. The summed E-state index contributed by atoms with van der Waals surface area (Å²) in [6.07, 6.45) is 4.14. The first-order valence-corrected chi connectivity index (χ1v) is 9.60. The summed E-state index contributed by atoms with van der Waals surface area (Å²) >= 11 is 0. The second-order valence-corrected chi connectivity index (χ2v) is 7.02. The number of hydrogen-bond acceptors (Lipinski definition) is 5. The highest BCUT2D eigenvalue weighted by atomic mass is 19.1. The number of allylic oxidation sites excluding steroid dienone is 3. The van der Waals surface area contributed by atoms with Crippen LogP contribution in [0.25, 0.3) is 27.7 Å². The van der Waals surface area contributed by atoms with Crippen LogP contribution in [-0.2, 0) is 11.3 Å². The van der Waals surface area contributed by atoms with Gasteiger partial charge in [0.25, 0.3) is 0 Å². The molecular formula is C23H25FN4O2. The highest BCUT2D eigenvalue weighted by Gasteiger charge is 2.27. The smallest absolute Gasteiger partial charge is 0.337 e. The van der Waals surface area contributed by atoms with Crippen LogP contribution in [0, 0.1) is 0 Å². The van der Waals surface area contributed by atoms with Gasteiger partial charge in [-0.1, -0.05) is 24.8 Å². The number of carbonyl (C=O) groups excluding carboxylic acids is 1. The number of nitrogens with two attached hydrogens (primary N) is 1. The monoisotopic (exact) mass is 408 g/mol. The number of hydrogen-bond donors (Lipinski definition) is 1. The Morgan fingerprint density at radius 2 is 2.03 bits per heavy atom. The van der Waals surface area contributed by atoms with Gasteiger partial charge in [-0.15, -0.1) is 0 Å². The van der Waals surface area contributed by atoms with Crippen LogP contribution in [0.4, 0.5) is 10.2 Å². The van der Waals surface area contributed by atoms with Gasteiger partial charge >= 0.3 is 5.97 Å². The molecule has 6 nitrogen and oxygen atoms in total. The van der Waals surface area contributed by atoms with Crippen LogP contribution in [0.3, 0.4) is 0 Å². The Morgan fingerprint density at radius 3 is 2.60 bits per heavy atom. The average Bonchev–Trinajstić information content (AvgIpc) is 3.32. The van der Waals surface area contributed by atoms with E-state index in [0.29, 0.717) is 11.4 Å². The molecule has 0 unspecified atom stereocenters. The van der Waals surface area contributed by atoms with Crippen LogP contribution in [0.15, 0.2) is 48.8 Å². The SMILES string of the molecule is C=C1CCn2c1c(-c1ccc(C(=O)OC)cc1)c1c(N)ncnc12.CC=C(C)CF. The maximum Gasteiger partial charge on any atom is 0.337 e. The normalized spacial score (nSPS) is 13.1. The molecule has 1 aliphatic heterocycles. The van der Waals surface area contributed by atoms with E-state index in [9.17, 15) is 9.18 Å². The summed E-state index contributed by atoms with van der Waals surface area (Å²) in [5.74, 6) is 0.0857. The van der Waals surface area contributed by atoms with Crippen molar-refractivity contribution >= 4 is 28.4 Å². The molecule has 1 aromatic carbocycles. The summed E-state index contributed by atoms with van der Waals surface area (Å²) < 4.78 is 18.2. The molecule has 0 bridgehead atoms. The molecule has 4 rings (SSSR count). The number of aromatic nitrogens is 3. The number of esters is 1. The fourth-order valence-electron chi connectivity index (χ4n) is 3.39. The Kier molecular flexibility index (Phi) is 6.30. The molecule has 0 spiro atoms. The minimum Gasteiger partial charge on any atom is -0.465 e. The maximum absolute atomic E-state index is 11.6. The molecule has 0 saturated carbocycles. The predicted molar refractivity (Wildman–Crippen MR) is 118 cm³/mol. The van der Waals surface area contributed by atoms with E-state index in [1.807, 2.05) is 19.1 Å². The molecule has 30 heavy (non-hydrogen) atoms. The van der Waals surface area contributed by atoms with E-state index in [2.05, 4.69) is 21.1 Å². The molecule has 0 amide bonds. The van der Waals surface area contributed by atoms with Crippen molar-refractivity contribution in [3.8, 4) is 11.1 Å². The Hall–Kier alpha value is -3.48. The van der Waals surface area contributed by atoms with Gasteiger partial charge in [0.1, 0.15) is 24.5 Å². The van der Waals surface area contributed by atoms with Gasteiger partial charge in [-0.25, -0.2) is 19.2 Å². The summed E-state index contributed by atoms with van der Waals surface area (Å²) in [5, 5.41) is 0.833. The van der Waals surface area contributed by atoms with Crippen molar-refractivity contribution in [1.29, 1.82) is 0 Å². The average molecular weight is 408 g/mol. The number of halogens is 1. The van der Waals surface area contributed by atoms with E-state index in [1.165, 1.54) is 13.4 Å². The molecule has 7 heteroatoms. The molecule has 0 fully saturated rings. The molecule has 3 aromatic rings. The molecule has 0 atom stereocenters. The Morgan fingerprint density at radius 1 is 1.33 bits per heavy atom. The molecule has 3 heterocycles. The molecule has 0 aliphatic carbocycles. The third-order valence-corrected chi connectivity index (χ3v) is 5.14. The molecule has 156 valence electrons. The summed E-state index contributed by atoms with van der Waals surface area (Å²) in [4.78, 5) is 20.2. The fraction of sp³-hybridized carbons (Fsp3) is 0.261. The lowest BCUT2D eigenvalue weighted by Crippen LogP contribution is -2.00. The Balaban J connectivity index is 0.000000377. The second kappa shape index (κ2) is 8.90. The van der Waals surface area contributed by atoms with Gasteiger partial charge in [0.05, 0.1) is 23.8 Å². The van der Waals surface area contributed by atoms with Crippen molar-refractivity contribution in [2.45, 2.75) is 26.8 Å². The van der Waals surface area contributed by atoms with E-state index in [4.69, 9.17) is 10.5 Å². The van der Waals surface area contributed by atoms with Crippen LogP contribution < -0.4 is 5.73 Å². The zero-order chi connectivity index (χ0) is 21.8. The van der Waals surface area contributed by atoms with Crippen LogP contribution in [-0.4, -0.2) is 34.3 Å². The lowest BCUT2D eigenvalue weighted by atomic mass is 9.98. The molecular weight excluding hydrogens is 383 g/mol. The lowest BCUT2D eigenvalue weighted by Gasteiger charge is -2.06. The summed E-state index contributed by atoms with van der Waals surface area (Å²) in [5.41, 5.74) is 12.3. The third-order valence-electron chi connectivity index (χ3n) is 5.14. The topological polar surface area (TPSA) is 83.0 Å². The van der Waals surface area contributed by atoms with Gasteiger partial charge in [-0.05, 0) is 49.1 Å². The van der Waals surface area contributed by atoms with E-state index in [0.717, 1.165) is 52.0 Å². The number of alkyl halides is 1. The highest BCUT2D eigenvalue weighted by Crippen LogP contribution is 2.43. The van der Waals surface area contributed by atoms with Crippen LogP contribution in [0.1, 0.15) is 36.3 Å². The van der Waals surface area contributed by atoms with E-state index in [-0.39, 0.29) is 12.6 Å². The largest absolute Gasteiger partial charge is 0.465 e. The van der Waals surface area contributed by atoms with E-state index in [1.54, 1.807) is 25.1 Å². The number of aryl methyl sites for hydroxylation is 1. The Bertz CT molecular complexity index is 1130. The number of carbonyl (C=O) groups is 1. The van der Waals surface area contributed by atoms with Gasteiger partial charge in [0.2, 0.25) is 0 Å². The van der Waals surface area contributed by atoms with Gasteiger partial charge in [-0.2, -0.15) is 0 Å². The highest BCUT2D eigenvalue weighted by molar-refractivity contribution is 6.06. The zero-order valence-corrected chi connectivity index (χ0v) is 17.4. The van der Waals surface area contributed by atoms with Crippen molar-refractivity contribution in [2.75, 3.05) is 19.5 Å². The van der Waals surface area contributed by atoms with Crippen molar-refractivity contribution in [2.24, 2.45) is 0 Å². The van der Waals surface area contributed by atoms with Gasteiger partial charge in [-0.3, -0.25) is 0 Å². The molecule has 2 aromatic heterocycles. The van der Waals surface area contributed by atoms with Crippen LogP contribution in [0.2, 0.25) is 0 Å². The number of benzene rings is 1. The van der Waals surface area contributed by atoms with Gasteiger partial charge in [0, 0.05) is 12.1 Å². The standard InChI is InChI=1S/C18H16N4O2.C5H9F/c1-10-7-8-22-15(10)13(14-16(19)20-9-21-17(14)22)11-3-5-12(6-4-11)18(23)24-2;1-3-5(2)4-6/h3-6,9H,1,7-8H2,2H3,(H2,19,20,21);3H,4H2,1-2H3. The van der Waals surface area contributed by atoms with Gasteiger partial charge < -0.3 is 15.0 Å². The number of nitrogen functional groups attached to an aromatic ring is 1. The van der Waals surface area contributed by atoms with Crippen LogP contribution >= 0.6 is 0 Å². The first-order chi connectivity index (χ1) is 14.4. The number of nitrogens with zero attached hydrogens (tertiary/aromatic N) is 3. The lowest BCUT2D eigenvalue weighted by molar-refractivity contribution is 0.0601. The number of anilines is 1. The van der Waals surface area contributed by atoms with E-state index >= 15 is 0 Å². The number of ether oxygens (including phenoxy) is 1. The summed E-state index contributed by atoms with van der Waals surface area (Å²) in [6.45, 7) is 8.30. The van der Waals surface area contributed by atoms with Crippen molar-refractivity contribution in [1.82, 2.24) is 14.5 Å². The fourth-order valence-corrected chi connectivity index (χ4v) is 3.39. The summed E-state index contributed by atoms with van der Waals surface area (Å²) in [6, 6.07) is 7.27. The molecule has 1 aliphatic rings. The molecule has 2 N–H and O–H groups in total. The second-order valence-electron chi connectivity index (χ2n) is 7.02. The van der Waals surface area contributed by atoms with Gasteiger partial charge in [0.15, 0.2) is 0 Å². The Labute approximate surface area is 174 Å². The number of methoxy groups -OCH3 is 1. The predicted octanol–water partition coefficient (Wildman–Crippen LogP) is 4.81. The van der Waals surface area contributed by atoms with Crippen molar-refractivity contribution in [3.05, 3.63) is 60.1 Å². The molecule has 0 radical (unpaired) electrons. The van der Waals surface area contributed by atoms with Crippen molar-refractivity contribution in [3.63, 3.8) is 0 Å². The third kappa shape index (κ3) is 3.83. The van der Waals surface area contributed by atoms with Crippen molar-refractivity contribution < 1.29 is 13.9 Å². The first kappa shape index (κ1) is 21.2. The van der Waals surface area contributed by atoms with Crippen LogP contribution in [0.5, 0.6) is 0 Å². The minimum absolute atomic E-state index is 0.309. The first-order valence-electron chi connectivity index (χ1n) is 9.60.